The zero-order valence-electron chi connectivity index (χ0n) is 9.98. The number of carbonyl (C=O) groups is 1. The number of hydrogen-bond donors (Lipinski definition) is 1. The molecule has 18 heavy (non-hydrogen) atoms. The Balaban J connectivity index is 2.14. The number of rotatable bonds is 6. The summed E-state index contributed by atoms with van der Waals surface area (Å²) < 4.78 is 6.81. The predicted molar refractivity (Wildman–Crippen MR) is 61.6 cm³/mol. The van der Waals surface area contributed by atoms with Crippen LogP contribution in [0.25, 0.3) is 11.6 Å². The highest BCUT2D eigenvalue weighted by molar-refractivity contribution is 5.67. The van der Waals surface area contributed by atoms with Gasteiger partial charge < -0.3 is 9.52 Å². The first-order chi connectivity index (χ1) is 8.70. The molecule has 0 aliphatic rings. The van der Waals surface area contributed by atoms with Crippen molar-refractivity contribution < 1.29 is 14.3 Å². The van der Waals surface area contributed by atoms with Crippen molar-refractivity contribution in [3.63, 3.8) is 0 Å². The molecule has 7 heteroatoms. The fraction of sp³-hybridized carbons (Fsp3) is 0.455. The van der Waals surface area contributed by atoms with Gasteiger partial charge in [0.1, 0.15) is 0 Å². The number of aliphatic carboxylic acids is 1. The van der Waals surface area contributed by atoms with Crippen LogP contribution in [-0.4, -0.2) is 31.3 Å². The van der Waals surface area contributed by atoms with Crippen molar-refractivity contribution in [3.8, 4) is 11.6 Å². The molecule has 1 unspecified atom stereocenters. The van der Waals surface area contributed by atoms with Crippen LogP contribution < -0.4 is 0 Å². The summed E-state index contributed by atoms with van der Waals surface area (Å²) in [5.41, 5.74) is 0. The van der Waals surface area contributed by atoms with Crippen molar-refractivity contribution in [3.05, 3.63) is 18.4 Å². The minimum Gasteiger partial charge on any atom is -0.481 e. The lowest BCUT2D eigenvalue weighted by Gasteiger charge is -2.12. The molecule has 2 rings (SSSR count). The van der Waals surface area contributed by atoms with E-state index in [9.17, 15) is 4.79 Å². The van der Waals surface area contributed by atoms with Crippen LogP contribution in [0.3, 0.4) is 0 Å². The first-order valence-electron chi connectivity index (χ1n) is 5.72. The zero-order chi connectivity index (χ0) is 13.0. The normalized spacial score (nSPS) is 12.5. The largest absolute Gasteiger partial charge is 0.481 e. The monoisotopic (exact) mass is 250 g/mol. The quantitative estimate of drug-likeness (QED) is 0.833. The van der Waals surface area contributed by atoms with Crippen LogP contribution in [-0.2, 0) is 11.3 Å². The molecule has 0 bridgehead atoms. The van der Waals surface area contributed by atoms with E-state index in [1.54, 1.807) is 23.1 Å². The third kappa shape index (κ3) is 2.73. The summed E-state index contributed by atoms with van der Waals surface area (Å²) in [6, 6.07) is 3.52. The lowest BCUT2D eigenvalue weighted by atomic mass is 10.0. The van der Waals surface area contributed by atoms with E-state index in [1.807, 2.05) is 6.92 Å². The van der Waals surface area contributed by atoms with Crippen molar-refractivity contribution in [1.82, 2.24) is 20.2 Å². The predicted octanol–water partition coefficient (Wildman–Crippen LogP) is 1.43. The van der Waals surface area contributed by atoms with Crippen molar-refractivity contribution in [1.29, 1.82) is 0 Å². The number of carboxylic acid groups (broad SMARTS) is 1. The number of carboxylic acids is 1. The highest BCUT2D eigenvalue weighted by atomic mass is 16.4. The van der Waals surface area contributed by atoms with E-state index >= 15 is 0 Å². The minimum absolute atomic E-state index is 0.000266. The van der Waals surface area contributed by atoms with E-state index in [0.717, 1.165) is 6.42 Å². The Bertz CT molecular complexity index is 506. The topological polar surface area (TPSA) is 94.0 Å². The molecule has 2 aromatic heterocycles. The van der Waals surface area contributed by atoms with Gasteiger partial charge in [0.25, 0.3) is 0 Å². The van der Waals surface area contributed by atoms with E-state index in [4.69, 9.17) is 9.52 Å². The first-order valence-corrected chi connectivity index (χ1v) is 5.72. The molecule has 0 saturated heterocycles. The summed E-state index contributed by atoms with van der Waals surface area (Å²) in [6.07, 6.45) is 2.40. The average Bonchev–Trinajstić information content (AvgIpc) is 2.96. The van der Waals surface area contributed by atoms with Gasteiger partial charge in [-0.15, -0.1) is 5.10 Å². The molecule has 7 nitrogen and oxygen atoms in total. The van der Waals surface area contributed by atoms with Crippen molar-refractivity contribution in [2.24, 2.45) is 5.92 Å². The van der Waals surface area contributed by atoms with E-state index in [-0.39, 0.29) is 12.3 Å². The average molecular weight is 250 g/mol. The Morgan fingerprint density at radius 1 is 1.61 bits per heavy atom. The molecule has 0 spiro atoms. The SMILES string of the molecule is CCC(CC(=O)O)Cn1nnnc1-c1ccco1. The maximum atomic E-state index is 10.7. The van der Waals surface area contributed by atoms with Gasteiger partial charge in [-0.25, -0.2) is 4.68 Å². The Labute approximate surface area is 103 Å². The maximum absolute atomic E-state index is 10.7. The van der Waals surface area contributed by atoms with Crippen molar-refractivity contribution in [2.45, 2.75) is 26.3 Å². The fourth-order valence-corrected chi connectivity index (χ4v) is 1.74. The lowest BCUT2D eigenvalue weighted by molar-refractivity contribution is -0.138. The minimum atomic E-state index is -0.811. The summed E-state index contributed by atoms with van der Waals surface area (Å²) in [7, 11) is 0. The van der Waals surface area contributed by atoms with Gasteiger partial charge in [0.05, 0.1) is 6.26 Å². The zero-order valence-corrected chi connectivity index (χ0v) is 9.98. The molecule has 0 saturated carbocycles. The number of nitrogens with zero attached hydrogens (tertiary/aromatic N) is 4. The molecule has 1 atom stereocenters. The van der Waals surface area contributed by atoms with Crippen LogP contribution in [0.15, 0.2) is 22.8 Å². The van der Waals surface area contributed by atoms with Crippen LogP contribution in [0.5, 0.6) is 0 Å². The van der Waals surface area contributed by atoms with E-state index in [1.165, 1.54) is 0 Å². The molecule has 1 N–H and O–H groups in total. The van der Waals surface area contributed by atoms with Crippen molar-refractivity contribution in [2.75, 3.05) is 0 Å². The van der Waals surface area contributed by atoms with Gasteiger partial charge in [-0.2, -0.15) is 0 Å². The first kappa shape index (κ1) is 12.3. The summed E-state index contributed by atoms with van der Waals surface area (Å²) in [5, 5.41) is 20.2. The molecule has 0 radical (unpaired) electrons. The van der Waals surface area contributed by atoms with Crippen molar-refractivity contribution >= 4 is 5.97 Å². The van der Waals surface area contributed by atoms with Gasteiger partial charge in [-0.05, 0) is 28.5 Å². The molecule has 2 aromatic rings. The fourth-order valence-electron chi connectivity index (χ4n) is 1.74. The molecule has 96 valence electrons. The second-order valence-corrected chi connectivity index (χ2v) is 4.03. The number of tetrazole rings is 1. The van der Waals surface area contributed by atoms with Gasteiger partial charge in [0.15, 0.2) is 5.76 Å². The Morgan fingerprint density at radius 2 is 2.44 bits per heavy atom. The van der Waals surface area contributed by atoms with Crippen LogP contribution in [0.1, 0.15) is 19.8 Å². The molecule has 0 fully saturated rings. The van der Waals surface area contributed by atoms with Crippen LogP contribution >= 0.6 is 0 Å². The summed E-state index contributed by atoms with van der Waals surface area (Å²) in [6.45, 7) is 2.41. The smallest absolute Gasteiger partial charge is 0.303 e. The number of hydrogen-bond acceptors (Lipinski definition) is 5. The van der Waals surface area contributed by atoms with Gasteiger partial charge in [0.2, 0.25) is 5.82 Å². The highest BCUT2D eigenvalue weighted by Gasteiger charge is 2.17. The summed E-state index contributed by atoms with van der Waals surface area (Å²) in [4.78, 5) is 10.7. The summed E-state index contributed by atoms with van der Waals surface area (Å²) >= 11 is 0. The Hall–Kier alpha value is -2.18. The Morgan fingerprint density at radius 3 is 3.06 bits per heavy atom. The van der Waals surface area contributed by atoms with E-state index < -0.39 is 5.97 Å². The van der Waals surface area contributed by atoms with E-state index in [2.05, 4.69) is 15.5 Å². The third-order valence-electron chi connectivity index (χ3n) is 2.75. The molecule has 0 amide bonds. The van der Waals surface area contributed by atoms with Gasteiger partial charge in [0, 0.05) is 13.0 Å². The molecule has 0 aliphatic carbocycles. The molecular formula is C11H14N4O3. The van der Waals surface area contributed by atoms with Gasteiger partial charge >= 0.3 is 5.97 Å². The van der Waals surface area contributed by atoms with Crippen LogP contribution in [0, 0.1) is 5.92 Å². The second kappa shape index (κ2) is 5.44. The van der Waals surface area contributed by atoms with Crippen LogP contribution in [0.2, 0.25) is 0 Å². The Kier molecular flexibility index (Phi) is 3.71. The molecule has 0 aromatic carbocycles. The van der Waals surface area contributed by atoms with E-state index in [0.29, 0.717) is 18.1 Å². The lowest BCUT2D eigenvalue weighted by Crippen LogP contribution is -2.16. The summed E-state index contributed by atoms with van der Waals surface area (Å²) in [5.74, 6) is 0.281. The van der Waals surface area contributed by atoms with Crippen LogP contribution in [0.4, 0.5) is 0 Å². The van der Waals surface area contributed by atoms with Gasteiger partial charge in [-0.3, -0.25) is 4.79 Å². The molecular weight excluding hydrogens is 236 g/mol. The third-order valence-corrected chi connectivity index (χ3v) is 2.75. The highest BCUT2D eigenvalue weighted by Crippen LogP contribution is 2.18. The molecule has 2 heterocycles. The number of aromatic nitrogens is 4. The second-order valence-electron chi connectivity index (χ2n) is 4.03. The molecule has 0 aliphatic heterocycles. The van der Waals surface area contributed by atoms with Gasteiger partial charge in [-0.1, -0.05) is 13.3 Å². The maximum Gasteiger partial charge on any atom is 0.303 e. The standard InChI is InChI=1S/C11H14N4O3/c1-2-8(6-10(16)17)7-15-11(12-13-14-15)9-4-3-5-18-9/h3-5,8H,2,6-7H2,1H3,(H,16,17). The number of furan rings is 1.